The van der Waals surface area contributed by atoms with Gasteiger partial charge in [0.2, 0.25) is 0 Å². The Morgan fingerprint density at radius 2 is 1.87 bits per heavy atom. The van der Waals surface area contributed by atoms with Gasteiger partial charge in [0.15, 0.2) is 5.76 Å². The molecule has 0 radical (unpaired) electrons. The van der Waals surface area contributed by atoms with E-state index in [9.17, 15) is 18.0 Å². The van der Waals surface area contributed by atoms with Crippen molar-refractivity contribution in [1.82, 2.24) is 9.88 Å². The van der Waals surface area contributed by atoms with Crippen LogP contribution in [-0.2, 0) is 6.18 Å². The Bertz CT molecular complexity index is 678. The van der Waals surface area contributed by atoms with Crippen LogP contribution in [0.3, 0.4) is 0 Å². The molecule has 2 aromatic rings. The van der Waals surface area contributed by atoms with E-state index in [4.69, 9.17) is 4.42 Å². The van der Waals surface area contributed by atoms with Crippen LogP contribution in [-0.4, -0.2) is 42.0 Å². The van der Waals surface area contributed by atoms with E-state index in [2.05, 4.69) is 4.98 Å². The molecule has 0 N–H and O–H groups in total. The van der Waals surface area contributed by atoms with E-state index in [1.807, 2.05) is 0 Å². The van der Waals surface area contributed by atoms with Crippen molar-refractivity contribution in [3.8, 4) is 0 Å². The van der Waals surface area contributed by atoms with Gasteiger partial charge in [0, 0.05) is 32.4 Å². The maximum absolute atomic E-state index is 13.1. The standard InChI is InChI=1S/C15H14F3N3O2/c16-15(17,18)11-3-1-5-19-13(11)20-6-8-21(9-7-20)14(22)12-4-2-10-23-12/h1-5,10H,6-9H2. The topological polar surface area (TPSA) is 49.6 Å². The number of carbonyl (C=O) groups is 1. The van der Waals surface area contributed by atoms with Crippen LogP contribution in [0.25, 0.3) is 0 Å². The quantitative estimate of drug-likeness (QED) is 0.852. The number of furan rings is 1. The summed E-state index contributed by atoms with van der Waals surface area (Å²) in [5.74, 6) is -0.121. The number of aromatic nitrogens is 1. The van der Waals surface area contributed by atoms with Crippen molar-refractivity contribution in [2.75, 3.05) is 31.1 Å². The Morgan fingerprint density at radius 3 is 2.48 bits per heavy atom. The van der Waals surface area contributed by atoms with Gasteiger partial charge in [-0.15, -0.1) is 0 Å². The zero-order valence-electron chi connectivity index (χ0n) is 12.1. The van der Waals surface area contributed by atoms with Crippen LogP contribution in [0.2, 0.25) is 0 Å². The van der Waals surface area contributed by atoms with Crippen molar-refractivity contribution in [2.24, 2.45) is 0 Å². The van der Waals surface area contributed by atoms with E-state index in [1.165, 1.54) is 18.5 Å². The second kappa shape index (κ2) is 5.94. The summed E-state index contributed by atoms with van der Waals surface area (Å²) < 4.78 is 44.2. The third-order valence-corrected chi connectivity index (χ3v) is 3.69. The van der Waals surface area contributed by atoms with Crippen molar-refractivity contribution in [2.45, 2.75) is 6.18 Å². The summed E-state index contributed by atoms with van der Waals surface area (Å²) in [6, 6.07) is 5.47. The predicted molar refractivity (Wildman–Crippen MR) is 76.1 cm³/mol. The van der Waals surface area contributed by atoms with Crippen LogP contribution in [0.15, 0.2) is 41.1 Å². The number of hydrogen-bond donors (Lipinski definition) is 0. The predicted octanol–water partition coefficient (Wildman–Crippen LogP) is 2.66. The Morgan fingerprint density at radius 1 is 1.13 bits per heavy atom. The van der Waals surface area contributed by atoms with Crippen LogP contribution in [0.5, 0.6) is 0 Å². The molecule has 1 fully saturated rings. The molecule has 3 heterocycles. The summed E-state index contributed by atoms with van der Waals surface area (Å²) in [7, 11) is 0. The highest BCUT2D eigenvalue weighted by molar-refractivity contribution is 5.91. The minimum absolute atomic E-state index is 0.0925. The molecule has 1 saturated heterocycles. The second-order valence-corrected chi connectivity index (χ2v) is 5.13. The minimum atomic E-state index is -4.45. The van der Waals surface area contributed by atoms with Gasteiger partial charge in [-0.25, -0.2) is 4.98 Å². The van der Waals surface area contributed by atoms with Crippen molar-refractivity contribution in [3.05, 3.63) is 48.0 Å². The first-order valence-corrected chi connectivity index (χ1v) is 7.07. The van der Waals surface area contributed by atoms with Gasteiger partial charge in [0.05, 0.1) is 11.8 Å². The number of amides is 1. The summed E-state index contributed by atoms with van der Waals surface area (Å²) in [5.41, 5.74) is -0.759. The molecule has 8 heteroatoms. The highest BCUT2D eigenvalue weighted by atomic mass is 19.4. The van der Waals surface area contributed by atoms with Crippen LogP contribution >= 0.6 is 0 Å². The van der Waals surface area contributed by atoms with E-state index in [0.29, 0.717) is 13.1 Å². The molecule has 0 spiro atoms. The molecule has 0 aromatic carbocycles. The molecule has 0 bridgehead atoms. The van der Waals surface area contributed by atoms with E-state index in [-0.39, 0.29) is 30.6 Å². The molecule has 3 rings (SSSR count). The second-order valence-electron chi connectivity index (χ2n) is 5.13. The number of anilines is 1. The van der Waals surface area contributed by atoms with Gasteiger partial charge >= 0.3 is 6.18 Å². The SMILES string of the molecule is O=C(c1ccco1)N1CCN(c2ncccc2C(F)(F)F)CC1. The number of pyridine rings is 1. The molecular weight excluding hydrogens is 311 g/mol. The summed E-state index contributed by atoms with van der Waals surface area (Å²) in [6.07, 6.45) is -1.71. The van der Waals surface area contributed by atoms with Gasteiger partial charge < -0.3 is 14.2 Å². The maximum atomic E-state index is 13.1. The summed E-state index contributed by atoms with van der Waals surface area (Å²) in [4.78, 5) is 19.1. The van der Waals surface area contributed by atoms with Gasteiger partial charge in [-0.05, 0) is 24.3 Å². The normalized spacial score (nSPS) is 15.8. The minimum Gasteiger partial charge on any atom is -0.459 e. The summed E-state index contributed by atoms with van der Waals surface area (Å²) in [5, 5.41) is 0. The molecule has 2 aromatic heterocycles. The van der Waals surface area contributed by atoms with E-state index in [1.54, 1.807) is 21.9 Å². The lowest BCUT2D eigenvalue weighted by Gasteiger charge is -2.35. The molecule has 122 valence electrons. The fourth-order valence-electron chi connectivity index (χ4n) is 2.55. The molecule has 1 amide bonds. The molecule has 0 unspecified atom stereocenters. The van der Waals surface area contributed by atoms with Crippen LogP contribution in [0.1, 0.15) is 16.1 Å². The molecule has 1 aliphatic heterocycles. The fraction of sp³-hybridized carbons (Fsp3) is 0.333. The molecule has 0 atom stereocenters. The van der Waals surface area contributed by atoms with Crippen LogP contribution in [0.4, 0.5) is 19.0 Å². The molecule has 1 aliphatic rings. The number of alkyl halides is 3. The first-order valence-electron chi connectivity index (χ1n) is 7.07. The van der Waals surface area contributed by atoms with Gasteiger partial charge in [-0.3, -0.25) is 4.79 Å². The molecule has 0 saturated carbocycles. The molecule has 5 nitrogen and oxygen atoms in total. The first-order chi connectivity index (χ1) is 11.0. The third-order valence-electron chi connectivity index (χ3n) is 3.69. The van der Waals surface area contributed by atoms with Gasteiger partial charge in [-0.1, -0.05) is 0 Å². The number of hydrogen-bond acceptors (Lipinski definition) is 4. The lowest BCUT2D eigenvalue weighted by atomic mass is 10.2. The smallest absolute Gasteiger partial charge is 0.419 e. The largest absolute Gasteiger partial charge is 0.459 e. The zero-order valence-corrected chi connectivity index (χ0v) is 12.1. The Hall–Kier alpha value is -2.51. The van der Waals surface area contributed by atoms with Crippen LogP contribution in [0, 0.1) is 0 Å². The average molecular weight is 325 g/mol. The maximum Gasteiger partial charge on any atom is 0.419 e. The Balaban J connectivity index is 1.72. The van der Waals surface area contributed by atoms with Crippen molar-refractivity contribution in [3.63, 3.8) is 0 Å². The van der Waals surface area contributed by atoms with E-state index >= 15 is 0 Å². The molecular formula is C15H14F3N3O2. The lowest BCUT2D eigenvalue weighted by molar-refractivity contribution is -0.137. The highest BCUT2D eigenvalue weighted by Crippen LogP contribution is 2.35. The zero-order chi connectivity index (χ0) is 16.4. The highest BCUT2D eigenvalue weighted by Gasteiger charge is 2.36. The number of carbonyl (C=O) groups excluding carboxylic acids is 1. The number of halogens is 3. The van der Waals surface area contributed by atoms with Gasteiger partial charge in [-0.2, -0.15) is 13.2 Å². The summed E-state index contributed by atoms with van der Waals surface area (Å²) in [6.45, 7) is 1.19. The molecule has 0 aliphatic carbocycles. The Kier molecular flexibility index (Phi) is 3.97. The lowest BCUT2D eigenvalue weighted by Crippen LogP contribution is -2.49. The summed E-state index contributed by atoms with van der Waals surface area (Å²) >= 11 is 0. The van der Waals surface area contributed by atoms with Crippen molar-refractivity contribution < 1.29 is 22.4 Å². The van der Waals surface area contributed by atoms with Gasteiger partial charge in [0.1, 0.15) is 5.82 Å². The number of piperazine rings is 1. The number of nitrogens with zero attached hydrogens (tertiary/aromatic N) is 3. The average Bonchev–Trinajstić information content (AvgIpc) is 3.08. The van der Waals surface area contributed by atoms with E-state index in [0.717, 1.165) is 6.07 Å². The van der Waals surface area contributed by atoms with Crippen molar-refractivity contribution in [1.29, 1.82) is 0 Å². The Labute approximate surface area is 130 Å². The van der Waals surface area contributed by atoms with Crippen LogP contribution < -0.4 is 4.90 Å². The van der Waals surface area contributed by atoms with E-state index < -0.39 is 11.7 Å². The fourth-order valence-corrected chi connectivity index (χ4v) is 2.55. The third kappa shape index (κ3) is 3.15. The monoisotopic (exact) mass is 325 g/mol. The van der Waals surface area contributed by atoms with Gasteiger partial charge in [0.25, 0.3) is 5.91 Å². The number of rotatable bonds is 2. The first kappa shape index (κ1) is 15.4. The molecule has 23 heavy (non-hydrogen) atoms. The van der Waals surface area contributed by atoms with Crippen molar-refractivity contribution >= 4 is 11.7 Å².